The molecular weight excluding hydrogens is 504 g/mol. The fraction of sp³-hybridized carbons (Fsp3) is 0.367. The van der Waals surface area contributed by atoms with Gasteiger partial charge in [0.05, 0.1) is 24.8 Å². The molecule has 5 rings (SSSR count). The summed E-state index contributed by atoms with van der Waals surface area (Å²) < 4.78 is 22.8. The third-order valence-electron chi connectivity index (χ3n) is 7.34. The van der Waals surface area contributed by atoms with Crippen LogP contribution in [0.15, 0.2) is 60.7 Å². The van der Waals surface area contributed by atoms with E-state index in [-0.39, 0.29) is 17.5 Å². The second-order valence-electron chi connectivity index (χ2n) is 9.98. The molecule has 1 unspecified atom stereocenters. The molecule has 38 heavy (non-hydrogen) atoms. The summed E-state index contributed by atoms with van der Waals surface area (Å²) in [5, 5.41) is 0.268. The number of amides is 1. The molecule has 0 N–H and O–H groups in total. The number of hydrogen-bond donors (Lipinski definition) is 0. The second-order valence-corrected chi connectivity index (χ2v) is 10.4. The van der Waals surface area contributed by atoms with E-state index in [0.717, 1.165) is 48.8 Å². The van der Waals surface area contributed by atoms with Crippen LogP contribution in [0.5, 0.6) is 23.0 Å². The van der Waals surface area contributed by atoms with Gasteiger partial charge in [0.1, 0.15) is 24.7 Å². The first-order valence-electron chi connectivity index (χ1n) is 12.8. The summed E-state index contributed by atoms with van der Waals surface area (Å²) in [5.41, 5.74) is 2.34. The average molecular weight is 537 g/mol. The van der Waals surface area contributed by atoms with Crippen molar-refractivity contribution in [2.24, 2.45) is 11.8 Å². The highest BCUT2D eigenvalue weighted by Gasteiger charge is 2.41. The molecule has 0 radical (unpaired) electrons. The van der Waals surface area contributed by atoms with Crippen LogP contribution in [-0.2, 0) is 13.2 Å². The van der Waals surface area contributed by atoms with Crippen molar-refractivity contribution < 1.29 is 23.7 Å². The van der Waals surface area contributed by atoms with Gasteiger partial charge in [0.2, 0.25) is 0 Å². The molecule has 0 bridgehead atoms. The molecular formula is C30H33ClN2O5. The molecule has 2 aliphatic rings. The van der Waals surface area contributed by atoms with Gasteiger partial charge in [-0.3, -0.25) is 4.79 Å². The fourth-order valence-electron chi connectivity index (χ4n) is 5.28. The number of fused-ring (bicyclic) bond motifs is 1. The van der Waals surface area contributed by atoms with E-state index in [1.54, 1.807) is 26.4 Å². The van der Waals surface area contributed by atoms with Crippen molar-refractivity contribution in [3.8, 4) is 23.0 Å². The summed E-state index contributed by atoms with van der Waals surface area (Å²) >= 11 is 6.87. The highest BCUT2D eigenvalue weighted by atomic mass is 35.5. The summed E-state index contributed by atoms with van der Waals surface area (Å²) in [7, 11) is 5.40. The maximum absolute atomic E-state index is 13.5. The minimum absolute atomic E-state index is 0.0666. The van der Waals surface area contributed by atoms with Crippen LogP contribution in [0.25, 0.3) is 0 Å². The van der Waals surface area contributed by atoms with Crippen LogP contribution in [0.3, 0.4) is 0 Å². The van der Waals surface area contributed by atoms with Crippen molar-refractivity contribution in [2.45, 2.75) is 13.2 Å². The zero-order valence-corrected chi connectivity index (χ0v) is 22.7. The monoisotopic (exact) mass is 536 g/mol. The van der Waals surface area contributed by atoms with Crippen molar-refractivity contribution in [3.63, 3.8) is 0 Å². The van der Waals surface area contributed by atoms with Crippen LogP contribution in [0.4, 0.5) is 0 Å². The largest absolute Gasteiger partial charge is 0.497 e. The summed E-state index contributed by atoms with van der Waals surface area (Å²) in [6, 6.07) is 18.8. The Morgan fingerprint density at radius 2 is 1.32 bits per heavy atom. The SMILES string of the molecule is COc1ccc(COc2ccc(C(=O)N3CC4CN(C)C[C@@H]4C3)c(Cl)c2OCc2ccc(OC)cc2)cc1. The van der Waals surface area contributed by atoms with Gasteiger partial charge in [0, 0.05) is 26.2 Å². The quantitative estimate of drug-likeness (QED) is 0.377. The third-order valence-corrected chi connectivity index (χ3v) is 7.72. The summed E-state index contributed by atoms with van der Waals surface area (Å²) in [6.45, 7) is 4.13. The van der Waals surface area contributed by atoms with E-state index in [4.69, 9.17) is 30.5 Å². The van der Waals surface area contributed by atoms with Crippen LogP contribution >= 0.6 is 11.6 Å². The number of ether oxygens (including phenoxy) is 4. The fourth-order valence-corrected chi connectivity index (χ4v) is 5.57. The van der Waals surface area contributed by atoms with Crippen LogP contribution < -0.4 is 18.9 Å². The van der Waals surface area contributed by atoms with E-state index >= 15 is 0 Å². The molecule has 0 aliphatic carbocycles. The lowest BCUT2D eigenvalue weighted by molar-refractivity contribution is 0.0775. The minimum atomic E-state index is -0.0666. The highest BCUT2D eigenvalue weighted by molar-refractivity contribution is 6.35. The van der Waals surface area contributed by atoms with Crippen LogP contribution in [-0.4, -0.2) is 63.2 Å². The standard InChI is InChI=1S/C30H33ClN2O5/c1-32-14-22-16-33(17-23(22)15-32)30(34)26-12-13-27(37-18-20-4-8-24(35-2)9-5-20)29(28(26)31)38-19-21-6-10-25(36-3)11-7-21/h4-13,22-23H,14-19H2,1-3H3/t22-,23?/m1/s1. The molecule has 1 amide bonds. The molecule has 2 fully saturated rings. The topological polar surface area (TPSA) is 60.5 Å². The Morgan fingerprint density at radius 1 is 0.789 bits per heavy atom. The lowest BCUT2D eigenvalue weighted by Crippen LogP contribution is -2.32. The predicted octanol–water partition coefficient (Wildman–Crippen LogP) is 5.15. The number of nitrogens with zero attached hydrogens (tertiary/aromatic N) is 2. The molecule has 8 heteroatoms. The average Bonchev–Trinajstić information content (AvgIpc) is 3.49. The molecule has 0 saturated carbocycles. The van der Waals surface area contributed by atoms with Crippen molar-refractivity contribution in [1.82, 2.24) is 9.80 Å². The third kappa shape index (κ3) is 5.69. The zero-order chi connectivity index (χ0) is 26.6. The molecule has 0 spiro atoms. The lowest BCUT2D eigenvalue weighted by Gasteiger charge is -2.22. The van der Waals surface area contributed by atoms with Crippen molar-refractivity contribution >= 4 is 17.5 Å². The first kappa shape index (κ1) is 26.2. The van der Waals surface area contributed by atoms with E-state index in [9.17, 15) is 4.79 Å². The van der Waals surface area contributed by atoms with Crippen LogP contribution in [0, 0.1) is 11.8 Å². The first-order chi connectivity index (χ1) is 18.4. The maximum atomic E-state index is 13.5. The highest BCUT2D eigenvalue weighted by Crippen LogP contribution is 2.40. The van der Waals surface area contributed by atoms with Crippen molar-refractivity contribution in [3.05, 3.63) is 82.4 Å². The van der Waals surface area contributed by atoms with Crippen LogP contribution in [0.2, 0.25) is 5.02 Å². The molecule has 2 heterocycles. The second kappa shape index (κ2) is 11.5. The first-order valence-corrected chi connectivity index (χ1v) is 13.1. The summed E-state index contributed by atoms with van der Waals surface area (Å²) in [4.78, 5) is 17.8. The van der Waals surface area contributed by atoms with E-state index in [1.807, 2.05) is 53.4 Å². The van der Waals surface area contributed by atoms with Gasteiger partial charge in [-0.05, 0) is 66.4 Å². The van der Waals surface area contributed by atoms with Gasteiger partial charge in [-0.1, -0.05) is 35.9 Å². The Kier molecular flexibility index (Phi) is 7.95. The lowest BCUT2D eigenvalue weighted by atomic mass is 10.0. The Hall–Kier alpha value is -3.42. The minimum Gasteiger partial charge on any atom is -0.497 e. The Morgan fingerprint density at radius 3 is 1.84 bits per heavy atom. The van der Waals surface area contributed by atoms with Gasteiger partial charge in [-0.25, -0.2) is 0 Å². The number of halogens is 1. The Labute approximate surface area is 228 Å². The number of benzene rings is 3. The number of rotatable bonds is 9. The molecule has 2 saturated heterocycles. The molecule has 7 nitrogen and oxygen atoms in total. The summed E-state index contributed by atoms with van der Waals surface area (Å²) in [6.07, 6.45) is 0. The molecule has 0 aromatic heterocycles. The number of carbonyl (C=O) groups is 1. The normalized spacial score (nSPS) is 18.8. The maximum Gasteiger partial charge on any atom is 0.255 e. The summed E-state index contributed by atoms with van der Waals surface area (Å²) in [5.74, 6) is 3.35. The number of likely N-dealkylation sites (tertiary alicyclic amines) is 2. The zero-order valence-electron chi connectivity index (χ0n) is 22.0. The van der Waals surface area contributed by atoms with E-state index in [2.05, 4.69) is 11.9 Å². The van der Waals surface area contributed by atoms with Gasteiger partial charge in [0.15, 0.2) is 11.5 Å². The molecule has 3 aromatic carbocycles. The van der Waals surface area contributed by atoms with Crippen LogP contribution in [0.1, 0.15) is 21.5 Å². The predicted molar refractivity (Wildman–Crippen MR) is 146 cm³/mol. The van der Waals surface area contributed by atoms with Crippen molar-refractivity contribution in [2.75, 3.05) is 47.4 Å². The Balaban J connectivity index is 1.37. The smallest absolute Gasteiger partial charge is 0.255 e. The number of methoxy groups -OCH3 is 2. The van der Waals surface area contributed by atoms with Gasteiger partial charge in [0.25, 0.3) is 5.91 Å². The molecule has 2 aliphatic heterocycles. The van der Waals surface area contributed by atoms with Gasteiger partial charge in [-0.2, -0.15) is 0 Å². The van der Waals surface area contributed by atoms with E-state index in [0.29, 0.717) is 35.5 Å². The van der Waals surface area contributed by atoms with Crippen molar-refractivity contribution in [1.29, 1.82) is 0 Å². The van der Waals surface area contributed by atoms with Gasteiger partial charge >= 0.3 is 0 Å². The molecule has 3 aromatic rings. The molecule has 200 valence electrons. The number of carbonyl (C=O) groups excluding carboxylic acids is 1. The van der Waals surface area contributed by atoms with E-state index < -0.39 is 0 Å². The number of hydrogen-bond acceptors (Lipinski definition) is 6. The molecule has 2 atom stereocenters. The van der Waals surface area contributed by atoms with Gasteiger partial charge in [-0.15, -0.1) is 0 Å². The van der Waals surface area contributed by atoms with Gasteiger partial charge < -0.3 is 28.7 Å². The Bertz CT molecular complexity index is 1250. The van der Waals surface area contributed by atoms with E-state index in [1.165, 1.54) is 0 Å².